The molecule has 0 radical (unpaired) electrons. The standard InChI is InChI=1S/C11H9F3O2/c1-7-4-8-2-3-9(5-10(8)16-7)15-6-11(12,13)14/h2-5H,6H2,1H3. The molecule has 2 aromatic rings. The van der Waals surface area contributed by atoms with Gasteiger partial charge in [-0.2, -0.15) is 13.2 Å². The van der Waals surface area contributed by atoms with Crippen LogP contribution in [0.1, 0.15) is 5.76 Å². The number of ether oxygens (including phenoxy) is 1. The second-order valence-corrected chi connectivity index (χ2v) is 3.46. The summed E-state index contributed by atoms with van der Waals surface area (Å²) >= 11 is 0. The average Bonchev–Trinajstić information content (AvgIpc) is 2.52. The smallest absolute Gasteiger partial charge is 0.422 e. The van der Waals surface area contributed by atoms with Gasteiger partial charge < -0.3 is 9.15 Å². The minimum Gasteiger partial charge on any atom is -0.484 e. The van der Waals surface area contributed by atoms with Crippen molar-refractivity contribution in [2.75, 3.05) is 6.61 Å². The molecule has 1 aromatic carbocycles. The lowest BCUT2D eigenvalue weighted by Crippen LogP contribution is -2.19. The van der Waals surface area contributed by atoms with Crippen molar-refractivity contribution in [2.24, 2.45) is 0 Å². The van der Waals surface area contributed by atoms with Crippen LogP contribution in [-0.4, -0.2) is 12.8 Å². The first-order valence-electron chi connectivity index (χ1n) is 4.64. The van der Waals surface area contributed by atoms with Crippen LogP contribution in [0.25, 0.3) is 11.0 Å². The van der Waals surface area contributed by atoms with Crippen molar-refractivity contribution in [3.8, 4) is 5.75 Å². The quantitative estimate of drug-likeness (QED) is 0.785. The predicted molar refractivity (Wildman–Crippen MR) is 52.5 cm³/mol. The summed E-state index contributed by atoms with van der Waals surface area (Å²) < 4.78 is 45.6. The van der Waals surface area contributed by atoms with E-state index in [9.17, 15) is 13.2 Å². The maximum Gasteiger partial charge on any atom is 0.422 e. The molecule has 0 N–H and O–H groups in total. The van der Waals surface area contributed by atoms with E-state index >= 15 is 0 Å². The Morgan fingerprint density at radius 1 is 1.25 bits per heavy atom. The molecule has 0 atom stereocenters. The van der Waals surface area contributed by atoms with Crippen LogP contribution in [0.2, 0.25) is 0 Å². The van der Waals surface area contributed by atoms with Gasteiger partial charge in [-0.1, -0.05) is 0 Å². The largest absolute Gasteiger partial charge is 0.484 e. The van der Waals surface area contributed by atoms with Gasteiger partial charge in [-0.05, 0) is 25.1 Å². The molecule has 86 valence electrons. The Bertz CT molecular complexity index is 499. The molecule has 0 aliphatic heterocycles. The third-order valence-corrected chi connectivity index (χ3v) is 2.02. The maximum absolute atomic E-state index is 11.9. The van der Waals surface area contributed by atoms with Gasteiger partial charge in [0, 0.05) is 11.5 Å². The molecule has 2 rings (SSSR count). The van der Waals surface area contributed by atoms with Crippen LogP contribution in [-0.2, 0) is 0 Å². The number of benzene rings is 1. The number of rotatable bonds is 2. The molecule has 0 bridgehead atoms. The van der Waals surface area contributed by atoms with Gasteiger partial charge in [0.2, 0.25) is 0 Å². The highest BCUT2D eigenvalue weighted by atomic mass is 19.4. The van der Waals surface area contributed by atoms with Crippen LogP contribution < -0.4 is 4.74 Å². The predicted octanol–water partition coefficient (Wildman–Crippen LogP) is 3.68. The van der Waals surface area contributed by atoms with Gasteiger partial charge in [0.1, 0.15) is 17.1 Å². The second kappa shape index (κ2) is 3.73. The molecule has 5 heteroatoms. The second-order valence-electron chi connectivity index (χ2n) is 3.46. The van der Waals surface area contributed by atoms with Crippen LogP contribution >= 0.6 is 0 Å². The van der Waals surface area contributed by atoms with Crippen LogP contribution in [0.3, 0.4) is 0 Å². The van der Waals surface area contributed by atoms with Gasteiger partial charge in [0.25, 0.3) is 0 Å². The van der Waals surface area contributed by atoms with Gasteiger partial charge in [0.15, 0.2) is 6.61 Å². The Balaban J connectivity index is 2.19. The third-order valence-electron chi connectivity index (χ3n) is 2.02. The molecule has 16 heavy (non-hydrogen) atoms. The molecule has 1 heterocycles. The Labute approximate surface area is 89.6 Å². The lowest BCUT2D eigenvalue weighted by molar-refractivity contribution is -0.153. The van der Waals surface area contributed by atoms with E-state index in [1.165, 1.54) is 12.1 Å². The number of hydrogen-bond donors (Lipinski definition) is 0. The first-order chi connectivity index (χ1) is 7.44. The summed E-state index contributed by atoms with van der Waals surface area (Å²) in [6.07, 6.45) is -4.33. The van der Waals surface area contributed by atoms with E-state index in [0.717, 1.165) is 5.39 Å². The number of hydrogen-bond acceptors (Lipinski definition) is 2. The Morgan fingerprint density at radius 2 is 2.00 bits per heavy atom. The molecule has 0 saturated carbocycles. The highest BCUT2D eigenvalue weighted by Gasteiger charge is 2.28. The zero-order valence-electron chi connectivity index (χ0n) is 8.47. The van der Waals surface area contributed by atoms with Crippen LogP contribution in [0, 0.1) is 6.92 Å². The zero-order chi connectivity index (χ0) is 11.8. The minimum absolute atomic E-state index is 0.152. The first-order valence-corrected chi connectivity index (χ1v) is 4.64. The van der Waals surface area contributed by atoms with Crippen molar-refractivity contribution in [1.82, 2.24) is 0 Å². The molecular weight excluding hydrogens is 221 g/mol. The van der Waals surface area contributed by atoms with E-state index in [1.54, 1.807) is 13.0 Å². The number of furan rings is 1. The maximum atomic E-state index is 11.9. The topological polar surface area (TPSA) is 22.4 Å². The highest BCUT2D eigenvalue weighted by molar-refractivity contribution is 5.79. The fourth-order valence-corrected chi connectivity index (χ4v) is 1.40. The number of aryl methyl sites for hydroxylation is 1. The monoisotopic (exact) mass is 230 g/mol. The summed E-state index contributed by atoms with van der Waals surface area (Å²) in [5.74, 6) is 0.863. The lowest BCUT2D eigenvalue weighted by Gasteiger charge is -2.08. The molecule has 0 saturated heterocycles. The summed E-state index contributed by atoms with van der Waals surface area (Å²) in [4.78, 5) is 0. The van der Waals surface area contributed by atoms with Gasteiger partial charge in [0.05, 0.1) is 0 Å². The van der Waals surface area contributed by atoms with Gasteiger partial charge in [-0.25, -0.2) is 0 Å². The van der Waals surface area contributed by atoms with Crippen LogP contribution in [0.15, 0.2) is 28.7 Å². The van der Waals surface area contributed by atoms with Crippen molar-refractivity contribution in [1.29, 1.82) is 0 Å². The summed E-state index contributed by atoms with van der Waals surface area (Å²) in [5.41, 5.74) is 0.525. The van der Waals surface area contributed by atoms with Gasteiger partial charge >= 0.3 is 6.18 Å². The molecule has 0 aliphatic rings. The van der Waals surface area contributed by atoms with Crippen molar-refractivity contribution >= 4 is 11.0 Å². The van der Waals surface area contributed by atoms with E-state index in [1.807, 2.05) is 6.07 Å². The van der Waals surface area contributed by atoms with Crippen LogP contribution in [0.5, 0.6) is 5.75 Å². The van der Waals surface area contributed by atoms with Crippen LogP contribution in [0.4, 0.5) is 13.2 Å². The summed E-state index contributed by atoms with van der Waals surface area (Å²) in [6.45, 7) is 0.481. The Hall–Kier alpha value is -1.65. The fourth-order valence-electron chi connectivity index (χ4n) is 1.40. The normalized spacial score (nSPS) is 12.0. The molecule has 2 nitrogen and oxygen atoms in total. The molecule has 0 unspecified atom stereocenters. The molecule has 0 fully saturated rings. The van der Waals surface area contributed by atoms with Gasteiger partial charge in [-0.15, -0.1) is 0 Å². The van der Waals surface area contributed by atoms with E-state index in [-0.39, 0.29) is 5.75 Å². The van der Waals surface area contributed by atoms with Crippen molar-refractivity contribution in [2.45, 2.75) is 13.1 Å². The summed E-state index contributed by atoms with van der Waals surface area (Å²) in [7, 11) is 0. The Kier molecular flexibility index (Phi) is 2.53. The Morgan fingerprint density at radius 3 is 2.69 bits per heavy atom. The molecule has 1 aromatic heterocycles. The molecule has 0 amide bonds. The number of halogens is 3. The van der Waals surface area contributed by atoms with E-state index in [2.05, 4.69) is 4.74 Å². The van der Waals surface area contributed by atoms with E-state index < -0.39 is 12.8 Å². The molecular formula is C11H9F3O2. The summed E-state index contributed by atoms with van der Waals surface area (Å²) in [5, 5.41) is 0.844. The number of alkyl halides is 3. The minimum atomic E-state index is -4.33. The van der Waals surface area contributed by atoms with Crippen molar-refractivity contribution < 1.29 is 22.3 Å². The summed E-state index contributed by atoms with van der Waals surface area (Å²) in [6, 6.07) is 6.41. The highest BCUT2D eigenvalue weighted by Crippen LogP contribution is 2.25. The third kappa shape index (κ3) is 2.48. The average molecular weight is 230 g/mol. The first kappa shape index (κ1) is 10.9. The number of fused-ring (bicyclic) bond motifs is 1. The van der Waals surface area contributed by atoms with E-state index in [0.29, 0.717) is 11.3 Å². The molecule has 0 aliphatic carbocycles. The van der Waals surface area contributed by atoms with Crippen molar-refractivity contribution in [3.05, 3.63) is 30.0 Å². The molecule has 0 spiro atoms. The lowest BCUT2D eigenvalue weighted by atomic mass is 10.2. The van der Waals surface area contributed by atoms with E-state index in [4.69, 9.17) is 4.42 Å². The zero-order valence-corrected chi connectivity index (χ0v) is 8.47. The van der Waals surface area contributed by atoms with Gasteiger partial charge in [-0.3, -0.25) is 0 Å². The fraction of sp³-hybridized carbons (Fsp3) is 0.273. The van der Waals surface area contributed by atoms with Crippen molar-refractivity contribution in [3.63, 3.8) is 0 Å². The SMILES string of the molecule is Cc1cc2ccc(OCC(F)(F)F)cc2o1.